The van der Waals surface area contributed by atoms with Crippen molar-refractivity contribution in [1.82, 2.24) is 5.32 Å². The van der Waals surface area contributed by atoms with Crippen LogP contribution >= 0.6 is 0 Å². The van der Waals surface area contributed by atoms with E-state index < -0.39 is 10.8 Å². The molecule has 0 radical (unpaired) electrons. The van der Waals surface area contributed by atoms with E-state index in [2.05, 4.69) is 12.2 Å². The first-order chi connectivity index (χ1) is 6.77. The maximum Gasteiger partial charge on any atom is 0.0510 e. The molecule has 0 aromatic rings. The van der Waals surface area contributed by atoms with Crippen LogP contribution < -0.4 is 5.32 Å². The minimum atomic E-state index is -0.646. The third-order valence-electron chi connectivity index (χ3n) is 3.28. The van der Waals surface area contributed by atoms with Gasteiger partial charge in [0.25, 0.3) is 0 Å². The Kier molecular flexibility index (Phi) is 3.57. The molecular weight excluding hydrogens is 198 g/mol. The second-order valence-corrected chi connectivity index (χ2v) is 6.23. The standard InChI is InChI=1S/C10H19NO2S/c1-8-2-4-11-10(7-14(8)12)9-3-5-13-6-9/h8-11H,2-7H2,1H3. The Morgan fingerprint density at radius 1 is 1.43 bits per heavy atom. The van der Waals surface area contributed by atoms with Gasteiger partial charge in [0.1, 0.15) is 0 Å². The zero-order valence-corrected chi connectivity index (χ0v) is 9.52. The molecule has 2 heterocycles. The van der Waals surface area contributed by atoms with Crippen LogP contribution in [0.2, 0.25) is 0 Å². The van der Waals surface area contributed by atoms with Crippen LogP contribution in [0.1, 0.15) is 19.8 Å². The van der Waals surface area contributed by atoms with Crippen LogP contribution in [0.3, 0.4) is 0 Å². The van der Waals surface area contributed by atoms with Gasteiger partial charge in [-0.05, 0) is 19.4 Å². The van der Waals surface area contributed by atoms with Crippen LogP contribution in [0, 0.1) is 5.92 Å². The van der Waals surface area contributed by atoms with Crippen LogP contribution in [0.15, 0.2) is 0 Å². The maximum atomic E-state index is 11.8. The molecule has 14 heavy (non-hydrogen) atoms. The summed E-state index contributed by atoms with van der Waals surface area (Å²) in [6.07, 6.45) is 2.17. The highest BCUT2D eigenvalue weighted by Gasteiger charge is 2.30. The lowest BCUT2D eigenvalue weighted by atomic mass is 10.0. The average Bonchev–Trinajstić information content (AvgIpc) is 2.63. The molecular formula is C10H19NO2S. The lowest BCUT2D eigenvalue weighted by Crippen LogP contribution is -2.39. The number of hydrogen-bond acceptors (Lipinski definition) is 3. The SMILES string of the molecule is CC1CCNC(C2CCOC2)CS1=O. The predicted molar refractivity (Wildman–Crippen MR) is 57.8 cm³/mol. The first-order valence-electron chi connectivity index (χ1n) is 5.45. The summed E-state index contributed by atoms with van der Waals surface area (Å²) in [5, 5.41) is 3.87. The monoisotopic (exact) mass is 217 g/mol. The molecule has 82 valence electrons. The summed E-state index contributed by atoms with van der Waals surface area (Å²) in [4.78, 5) is 0. The van der Waals surface area contributed by atoms with Crippen molar-refractivity contribution in [2.75, 3.05) is 25.5 Å². The predicted octanol–water partition coefficient (Wildman–Crippen LogP) is 0.522. The van der Waals surface area contributed by atoms with E-state index >= 15 is 0 Å². The van der Waals surface area contributed by atoms with E-state index in [4.69, 9.17) is 4.74 Å². The van der Waals surface area contributed by atoms with Crippen molar-refractivity contribution in [3.8, 4) is 0 Å². The highest BCUT2D eigenvalue weighted by Crippen LogP contribution is 2.20. The number of ether oxygens (including phenoxy) is 1. The molecule has 0 aromatic carbocycles. The molecule has 2 saturated heterocycles. The summed E-state index contributed by atoms with van der Waals surface area (Å²) < 4.78 is 17.2. The quantitative estimate of drug-likeness (QED) is 0.696. The van der Waals surface area contributed by atoms with Gasteiger partial charge in [-0.2, -0.15) is 0 Å². The van der Waals surface area contributed by atoms with Crippen molar-refractivity contribution in [1.29, 1.82) is 0 Å². The number of hydrogen-bond donors (Lipinski definition) is 1. The topological polar surface area (TPSA) is 38.3 Å². The fourth-order valence-electron chi connectivity index (χ4n) is 2.18. The van der Waals surface area contributed by atoms with Gasteiger partial charge < -0.3 is 10.1 Å². The zero-order chi connectivity index (χ0) is 9.97. The van der Waals surface area contributed by atoms with Crippen molar-refractivity contribution >= 4 is 10.8 Å². The maximum absolute atomic E-state index is 11.8. The summed E-state index contributed by atoms with van der Waals surface area (Å²) in [7, 11) is -0.646. The normalized spacial score (nSPS) is 44.9. The third-order valence-corrected chi connectivity index (χ3v) is 5.10. The molecule has 1 N–H and O–H groups in total. The molecule has 0 aliphatic carbocycles. The van der Waals surface area contributed by atoms with Gasteiger partial charge in [-0.3, -0.25) is 4.21 Å². The largest absolute Gasteiger partial charge is 0.381 e. The Morgan fingerprint density at radius 2 is 2.29 bits per heavy atom. The number of nitrogens with one attached hydrogen (secondary N) is 1. The van der Waals surface area contributed by atoms with Crippen LogP contribution in [-0.4, -0.2) is 41.0 Å². The average molecular weight is 217 g/mol. The second-order valence-electron chi connectivity index (χ2n) is 4.33. The Bertz CT molecular complexity index is 216. The van der Waals surface area contributed by atoms with Gasteiger partial charge in [-0.15, -0.1) is 0 Å². The van der Waals surface area contributed by atoms with E-state index in [-0.39, 0.29) is 0 Å². The summed E-state index contributed by atoms with van der Waals surface area (Å²) in [6.45, 7) is 4.83. The molecule has 4 atom stereocenters. The second kappa shape index (κ2) is 4.73. The van der Waals surface area contributed by atoms with E-state index in [0.717, 1.165) is 38.4 Å². The fourth-order valence-corrected chi connectivity index (χ4v) is 3.63. The van der Waals surface area contributed by atoms with E-state index in [0.29, 0.717) is 17.2 Å². The van der Waals surface area contributed by atoms with Gasteiger partial charge in [0, 0.05) is 40.4 Å². The minimum Gasteiger partial charge on any atom is -0.381 e. The van der Waals surface area contributed by atoms with Crippen LogP contribution in [0.5, 0.6) is 0 Å². The molecule has 2 aliphatic rings. The Morgan fingerprint density at radius 3 is 3.00 bits per heavy atom. The van der Waals surface area contributed by atoms with Gasteiger partial charge in [-0.25, -0.2) is 0 Å². The molecule has 0 bridgehead atoms. The van der Waals surface area contributed by atoms with Crippen molar-refractivity contribution in [2.45, 2.75) is 31.1 Å². The van der Waals surface area contributed by atoms with Gasteiger partial charge in [-0.1, -0.05) is 6.92 Å². The van der Waals surface area contributed by atoms with Crippen LogP contribution in [0.4, 0.5) is 0 Å². The van der Waals surface area contributed by atoms with Crippen LogP contribution in [0.25, 0.3) is 0 Å². The van der Waals surface area contributed by atoms with Gasteiger partial charge >= 0.3 is 0 Å². The van der Waals surface area contributed by atoms with E-state index in [1.807, 2.05) is 0 Å². The first-order valence-corrected chi connectivity index (χ1v) is 6.84. The van der Waals surface area contributed by atoms with E-state index in [1.165, 1.54) is 0 Å². The summed E-state index contributed by atoms with van der Waals surface area (Å²) in [6, 6.07) is 0.420. The van der Waals surface area contributed by atoms with Crippen molar-refractivity contribution in [3.63, 3.8) is 0 Å². The molecule has 0 amide bonds. The van der Waals surface area contributed by atoms with Gasteiger partial charge in [0.2, 0.25) is 0 Å². The lowest BCUT2D eigenvalue weighted by Gasteiger charge is -2.20. The van der Waals surface area contributed by atoms with Crippen LogP contribution in [-0.2, 0) is 15.5 Å². The molecule has 4 unspecified atom stereocenters. The molecule has 0 aromatic heterocycles. The summed E-state index contributed by atoms with van der Waals surface area (Å²) in [5.74, 6) is 1.40. The van der Waals surface area contributed by atoms with Crippen molar-refractivity contribution in [3.05, 3.63) is 0 Å². The zero-order valence-electron chi connectivity index (χ0n) is 8.70. The first kappa shape index (κ1) is 10.6. The Labute approximate surface area is 88.0 Å². The smallest absolute Gasteiger partial charge is 0.0510 e. The highest BCUT2D eigenvalue weighted by atomic mass is 32.2. The molecule has 0 saturated carbocycles. The van der Waals surface area contributed by atoms with Gasteiger partial charge in [0.15, 0.2) is 0 Å². The Balaban J connectivity index is 1.94. The number of rotatable bonds is 1. The highest BCUT2D eigenvalue weighted by molar-refractivity contribution is 7.85. The molecule has 2 rings (SSSR count). The van der Waals surface area contributed by atoms with Crippen molar-refractivity contribution < 1.29 is 8.95 Å². The molecule has 2 fully saturated rings. The summed E-state index contributed by atoms with van der Waals surface area (Å²) >= 11 is 0. The molecule has 2 aliphatic heterocycles. The molecule has 4 heteroatoms. The van der Waals surface area contributed by atoms with Gasteiger partial charge in [0.05, 0.1) is 6.61 Å². The fraction of sp³-hybridized carbons (Fsp3) is 1.00. The molecule has 0 spiro atoms. The molecule has 3 nitrogen and oxygen atoms in total. The summed E-state index contributed by atoms with van der Waals surface area (Å²) in [5.41, 5.74) is 0. The van der Waals surface area contributed by atoms with E-state index in [1.54, 1.807) is 0 Å². The Hall–Kier alpha value is 0.0700. The van der Waals surface area contributed by atoms with Crippen molar-refractivity contribution in [2.24, 2.45) is 5.92 Å². The minimum absolute atomic E-state index is 0.356. The lowest BCUT2D eigenvalue weighted by molar-refractivity contribution is 0.179. The third kappa shape index (κ3) is 2.35. The van der Waals surface area contributed by atoms with E-state index in [9.17, 15) is 4.21 Å².